The predicted octanol–water partition coefficient (Wildman–Crippen LogP) is 2.86. The Labute approximate surface area is 141 Å². The van der Waals surface area contributed by atoms with Gasteiger partial charge in [0.1, 0.15) is 12.3 Å². The summed E-state index contributed by atoms with van der Waals surface area (Å²) in [5, 5.41) is 2.14. The number of ether oxygens (including phenoxy) is 1. The molecule has 0 unspecified atom stereocenters. The van der Waals surface area contributed by atoms with Gasteiger partial charge >= 0.3 is 0 Å². The van der Waals surface area contributed by atoms with Crippen LogP contribution in [0.25, 0.3) is 0 Å². The zero-order chi connectivity index (χ0) is 18.0. The van der Waals surface area contributed by atoms with Crippen molar-refractivity contribution >= 4 is 23.2 Å². The predicted molar refractivity (Wildman–Crippen MR) is 83.9 cm³/mol. The zero-order valence-electron chi connectivity index (χ0n) is 12.9. The normalized spacial score (nSPS) is 13.7. The zero-order valence-corrected chi connectivity index (χ0v) is 12.9. The van der Waals surface area contributed by atoms with Gasteiger partial charge in [-0.25, -0.2) is 13.2 Å². The van der Waals surface area contributed by atoms with E-state index in [0.29, 0.717) is 17.5 Å². The molecule has 0 aromatic heterocycles. The first-order valence-corrected chi connectivity index (χ1v) is 7.43. The number of para-hydroxylation sites is 2. The highest BCUT2D eigenvalue weighted by molar-refractivity contribution is 6.03. The van der Waals surface area contributed by atoms with Crippen LogP contribution in [0, 0.1) is 17.5 Å². The Kier molecular flexibility index (Phi) is 4.60. The summed E-state index contributed by atoms with van der Waals surface area (Å²) in [6.07, 6.45) is 0.0709. The lowest BCUT2D eigenvalue weighted by Gasteiger charge is -2.21. The minimum absolute atomic E-state index is 0.0709. The number of carbonyl (C=O) groups excluding carboxylic acids is 2. The standard InChI is InChI=1S/C17H13F3N2O3/c18-10-5-6-11(17(20)16(10)19)21-14(23)9-22-12-3-1-2-4-13(12)25-8-7-15(22)24/h1-6H,7-9H2,(H,21,23). The Hall–Kier alpha value is -3.03. The van der Waals surface area contributed by atoms with E-state index in [1.165, 1.54) is 4.90 Å². The topological polar surface area (TPSA) is 58.6 Å². The van der Waals surface area contributed by atoms with Crippen LogP contribution in [0.2, 0.25) is 0 Å². The second-order valence-corrected chi connectivity index (χ2v) is 5.32. The molecular weight excluding hydrogens is 337 g/mol. The summed E-state index contributed by atoms with van der Waals surface area (Å²) in [5.74, 6) is -5.19. The van der Waals surface area contributed by atoms with E-state index in [4.69, 9.17) is 4.74 Å². The Balaban J connectivity index is 1.81. The molecule has 0 spiro atoms. The van der Waals surface area contributed by atoms with Gasteiger partial charge in [0.15, 0.2) is 17.5 Å². The van der Waals surface area contributed by atoms with Crippen molar-refractivity contribution in [3.05, 3.63) is 53.8 Å². The monoisotopic (exact) mass is 350 g/mol. The summed E-state index contributed by atoms with van der Waals surface area (Å²) in [7, 11) is 0. The van der Waals surface area contributed by atoms with Gasteiger partial charge in [0, 0.05) is 0 Å². The molecular formula is C17H13F3N2O3. The minimum atomic E-state index is -1.68. The van der Waals surface area contributed by atoms with E-state index in [0.717, 1.165) is 6.07 Å². The van der Waals surface area contributed by atoms with Crippen molar-refractivity contribution in [3.8, 4) is 5.75 Å². The molecule has 3 rings (SSSR count). The number of rotatable bonds is 3. The molecule has 2 amide bonds. The third kappa shape index (κ3) is 3.42. The van der Waals surface area contributed by atoms with Crippen LogP contribution in [-0.2, 0) is 9.59 Å². The Morgan fingerprint density at radius 1 is 1.12 bits per heavy atom. The number of halogens is 3. The maximum atomic E-state index is 13.7. The summed E-state index contributed by atoms with van der Waals surface area (Å²) >= 11 is 0. The maximum absolute atomic E-state index is 13.7. The fourth-order valence-electron chi connectivity index (χ4n) is 2.45. The molecule has 0 saturated carbocycles. The number of amides is 2. The van der Waals surface area contributed by atoms with Crippen LogP contribution < -0.4 is 15.0 Å². The first-order chi connectivity index (χ1) is 12.0. The van der Waals surface area contributed by atoms with Crippen molar-refractivity contribution in [3.63, 3.8) is 0 Å². The molecule has 2 aromatic carbocycles. The highest BCUT2D eigenvalue weighted by Gasteiger charge is 2.25. The second kappa shape index (κ2) is 6.84. The van der Waals surface area contributed by atoms with Crippen LogP contribution in [0.5, 0.6) is 5.75 Å². The molecule has 25 heavy (non-hydrogen) atoms. The van der Waals surface area contributed by atoms with Crippen molar-refractivity contribution in [1.82, 2.24) is 0 Å². The fourth-order valence-corrected chi connectivity index (χ4v) is 2.45. The van der Waals surface area contributed by atoms with E-state index in [1.54, 1.807) is 24.3 Å². The lowest BCUT2D eigenvalue weighted by Crippen LogP contribution is -2.37. The van der Waals surface area contributed by atoms with E-state index >= 15 is 0 Å². The van der Waals surface area contributed by atoms with Crippen LogP contribution in [0.1, 0.15) is 6.42 Å². The molecule has 0 fully saturated rings. The fraction of sp³-hybridized carbons (Fsp3) is 0.176. The molecule has 0 radical (unpaired) electrons. The quantitative estimate of drug-likeness (QED) is 0.866. The summed E-state index contributed by atoms with van der Waals surface area (Å²) in [6, 6.07) is 8.29. The summed E-state index contributed by atoms with van der Waals surface area (Å²) < 4.78 is 45.3. The third-order valence-electron chi connectivity index (χ3n) is 3.64. The Morgan fingerprint density at radius 3 is 2.68 bits per heavy atom. The number of anilines is 2. The average Bonchev–Trinajstić information content (AvgIpc) is 2.75. The Bertz CT molecular complexity index is 842. The van der Waals surface area contributed by atoms with Crippen molar-refractivity contribution < 1.29 is 27.5 Å². The molecule has 0 atom stereocenters. The first-order valence-electron chi connectivity index (χ1n) is 7.43. The van der Waals surface area contributed by atoms with E-state index in [1.807, 2.05) is 0 Å². The largest absolute Gasteiger partial charge is 0.491 e. The first kappa shape index (κ1) is 16.8. The summed E-state index contributed by atoms with van der Waals surface area (Å²) in [4.78, 5) is 25.6. The van der Waals surface area contributed by atoms with E-state index < -0.39 is 35.6 Å². The highest BCUT2D eigenvalue weighted by atomic mass is 19.2. The maximum Gasteiger partial charge on any atom is 0.244 e. The second-order valence-electron chi connectivity index (χ2n) is 5.32. The molecule has 0 saturated heterocycles. The van der Waals surface area contributed by atoms with E-state index in [9.17, 15) is 22.8 Å². The summed E-state index contributed by atoms with van der Waals surface area (Å²) in [6.45, 7) is -0.247. The van der Waals surface area contributed by atoms with Gasteiger partial charge in [-0.15, -0.1) is 0 Å². The molecule has 1 heterocycles. The van der Waals surface area contributed by atoms with Crippen LogP contribution in [-0.4, -0.2) is 25.0 Å². The van der Waals surface area contributed by atoms with Gasteiger partial charge in [0.25, 0.3) is 0 Å². The number of benzene rings is 2. The number of fused-ring (bicyclic) bond motifs is 1. The SMILES string of the molecule is O=C(CN1C(=O)CCOc2ccccc21)Nc1ccc(F)c(F)c1F. The van der Waals surface area contributed by atoms with Crippen LogP contribution in [0.15, 0.2) is 36.4 Å². The number of nitrogens with one attached hydrogen (secondary N) is 1. The highest BCUT2D eigenvalue weighted by Crippen LogP contribution is 2.31. The van der Waals surface area contributed by atoms with Gasteiger partial charge in [0.05, 0.1) is 24.4 Å². The van der Waals surface area contributed by atoms with Crippen LogP contribution >= 0.6 is 0 Å². The van der Waals surface area contributed by atoms with Crippen LogP contribution in [0.4, 0.5) is 24.5 Å². The van der Waals surface area contributed by atoms with Gasteiger partial charge in [-0.05, 0) is 24.3 Å². The lowest BCUT2D eigenvalue weighted by molar-refractivity contribution is -0.121. The van der Waals surface area contributed by atoms with Gasteiger partial charge in [-0.2, -0.15) is 0 Å². The molecule has 5 nitrogen and oxygen atoms in total. The van der Waals surface area contributed by atoms with Crippen LogP contribution in [0.3, 0.4) is 0 Å². The number of hydrogen-bond donors (Lipinski definition) is 1. The van der Waals surface area contributed by atoms with Gasteiger partial charge in [-0.3, -0.25) is 14.5 Å². The van der Waals surface area contributed by atoms with Crippen molar-refractivity contribution in [1.29, 1.82) is 0 Å². The lowest BCUT2D eigenvalue weighted by atomic mass is 10.2. The number of carbonyl (C=O) groups is 2. The molecule has 1 aliphatic rings. The molecule has 0 aliphatic carbocycles. The number of hydrogen-bond acceptors (Lipinski definition) is 3. The molecule has 0 bridgehead atoms. The number of nitrogens with zero attached hydrogens (tertiary/aromatic N) is 1. The molecule has 2 aromatic rings. The smallest absolute Gasteiger partial charge is 0.244 e. The van der Waals surface area contributed by atoms with Gasteiger partial charge in [0.2, 0.25) is 11.8 Å². The van der Waals surface area contributed by atoms with E-state index in [2.05, 4.69) is 5.32 Å². The van der Waals surface area contributed by atoms with Crippen molar-refractivity contribution in [2.75, 3.05) is 23.4 Å². The molecule has 1 N–H and O–H groups in total. The summed E-state index contributed by atoms with van der Waals surface area (Å²) in [5.41, 5.74) is -0.0957. The minimum Gasteiger partial charge on any atom is -0.491 e. The third-order valence-corrected chi connectivity index (χ3v) is 3.64. The molecule has 8 heteroatoms. The van der Waals surface area contributed by atoms with Gasteiger partial charge in [-0.1, -0.05) is 12.1 Å². The molecule has 1 aliphatic heterocycles. The molecule has 130 valence electrons. The van der Waals surface area contributed by atoms with Gasteiger partial charge < -0.3 is 10.1 Å². The van der Waals surface area contributed by atoms with Crippen molar-refractivity contribution in [2.24, 2.45) is 0 Å². The Morgan fingerprint density at radius 2 is 1.88 bits per heavy atom. The van der Waals surface area contributed by atoms with E-state index in [-0.39, 0.29) is 18.9 Å². The average molecular weight is 350 g/mol. The van der Waals surface area contributed by atoms with Crippen molar-refractivity contribution in [2.45, 2.75) is 6.42 Å².